The summed E-state index contributed by atoms with van der Waals surface area (Å²) in [6.45, 7) is 7.45. The molecule has 0 spiro atoms. The molecule has 0 aromatic heterocycles. The molecule has 0 bridgehead atoms. The fourth-order valence-electron chi connectivity index (χ4n) is 4.21. The average Bonchev–Trinajstić information content (AvgIpc) is 3.04. The highest BCUT2D eigenvalue weighted by molar-refractivity contribution is 5.95. The van der Waals surface area contributed by atoms with E-state index in [-0.39, 0.29) is 6.04 Å². The van der Waals surface area contributed by atoms with Gasteiger partial charge in [-0.05, 0) is 49.1 Å². The Morgan fingerprint density at radius 2 is 1.77 bits per heavy atom. The van der Waals surface area contributed by atoms with Crippen LogP contribution in [-0.4, -0.2) is 42.5 Å². The summed E-state index contributed by atoms with van der Waals surface area (Å²) in [5.74, 6) is 2.83. The highest BCUT2D eigenvalue weighted by atomic mass is 16.5. The number of hydrogen-bond donors (Lipinski definition) is 0. The summed E-state index contributed by atoms with van der Waals surface area (Å²) in [7, 11) is 3.33. The summed E-state index contributed by atoms with van der Waals surface area (Å²) in [5, 5.41) is 4.59. The summed E-state index contributed by atoms with van der Waals surface area (Å²) in [6, 6.07) is 16.9. The number of hydrogen-bond acceptors (Lipinski definition) is 5. The summed E-state index contributed by atoms with van der Waals surface area (Å²) in [6.07, 6.45) is 4.19. The Bertz CT molecular complexity index is 1010. The molecule has 0 fully saturated rings. The highest BCUT2D eigenvalue weighted by Crippen LogP contribution is 2.41. The summed E-state index contributed by atoms with van der Waals surface area (Å²) in [4.78, 5) is 4.90. The van der Waals surface area contributed by atoms with E-state index in [0.29, 0.717) is 5.92 Å². The molecule has 2 heterocycles. The predicted octanol–water partition coefficient (Wildman–Crippen LogP) is 5.09. The van der Waals surface area contributed by atoms with Crippen LogP contribution in [0, 0.1) is 0 Å². The molecule has 0 amide bonds. The zero-order chi connectivity index (χ0) is 21.3. The third-order valence-corrected chi connectivity index (χ3v) is 5.86. The second kappa shape index (κ2) is 8.36. The second-order valence-electron chi connectivity index (χ2n) is 7.83. The minimum atomic E-state index is 0.170. The number of nitrogens with zero attached hydrogens (tertiary/aromatic N) is 3. The van der Waals surface area contributed by atoms with Gasteiger partial charge >= 0.3 is 0 Å². The van der Waals surface area contributed by atoms with E-state index in [0.717, 1.165) is 35.1 Å². The highest BCUT2D eigenvalue weighted by Gasteiger charge is 2.38. The Kier molecular flexibility index (Phi) is 5.64. The van der Waals surface area contributed by atoms with Crippen molar-refractivity contribution in [3.8, 4) is 11.5 Å². The van der Waals surface area contributed by atoms with Gasteiger partial charge in [0.25, 0.3) is 0 Å². The zero-order valence-corrected chi connectivity index (χ0v) is 18.3. The van der Waals surface area contributed by atoms with Gasteiger partial charge in [0.2, 0.25) is 0 Å². The van der Waals surface area contributed by atoms with E-state index < -0.39 is 0 Å². The largest absolute Gasteiger partial charge is 0.493 e. The van der Waals surface area contributed by atoms with E-state index in [4.69, 9.17) is 14.5 Å². The molecule has 5 heteroatoms. The maximum Gasteiger partial charge on any atom is 0.161 e. The Labute approximate surface area is 178 Å². The van der Waals surface area contributed by atoms with Crippen LogP contribution in [0.4, 0.5) is 0 Å². The van der Waals surface area contributed by atoms with Crippen LogP contribution in [0.25, 0.3) is 5.57 Å². The first kappa shape index (κ1) is 20.2. The lowest BCUT2D eigenvalue weighted by molar-refractivity contribution is 0.0505. The van der Waals surface area contributed by atoms with Crippen LogP contribution in [0.3, 0.4) is 0 Å². The molecule has 0 aliphatic carbocycles. The first-order valence-corrected chi connectivity index (χ1v) is 10.3. The van der Waals surface area contributed by atoms with Crippen LogP contribution in [0.5, 0.6) is 11.5 Å². The molecule has 2 aliphatic heterocycles. The van der Waals surface area contributed by atoms with Gasteiger partial charge in [0.1, 0.15) is 0 Å². The van der Waals surface area contributed by atoms with Crippen molar-refractivity contribution in [1.29, 1.82) is 0 Å². The molecule has 2 unspecified atom stereocenters. The van der Waals surface area contributed by atoms with Gasteiger partial charge in [-0.2, -0.15) is 0 Å². The van der Waals surface area contributed by atoms with Crippen LogP contribution in [0.15, 0.2) is 71.6 Å². The lowest BCUT2D eigenvalue weighted by atomic mass is 9.97. The number of fused-ring (bicyclic) bond motifs is 1. The van der Waals surface area contributed by atoms with E-state index in [1.54, 1.807) is 14.2 Å². The second-order valence-corrected chi connectivity index (χ2v) is 7.83. The molecule has 2 aliphatic rings. The molecular weight excluding hydrogens is 374 g/mol. The van der Waals surface area contributed by atoms with E-state index in [2.05, 4.69) is 72.5 Å². The standard InChI is InChI=1S/C25H29N3O2/c1-17(20-9-7-6-8-10-20)16-28-19(3)24(25-26-18(2)13-14-27(25)28)21-11-12-22(29-4)23(15-21)30-5/h6-15,17,19H,16H2,1-5H3. The molecule has 156 valence electrons. The molecule has 5 nitrogen and oxygen atoms in total. The maximum atomic E-state index is 5.55. The van der Waals surface area contributed by atoms with Crippen LogP contribution >= 0.6 is 0 Å². The number of ether oxygens (including phenoxy) is 2. The van der Waals surface area contributed by atoms with Gasteiger partial charge in [-0.3, -0.25) is 5.01 Å². The van der Waals surface area contributed by atoms with E-state index in [1.807, 2.05) is 19.1 Å². The minimum Gasteiger partial charge on any atom is -0.493 e. The number of aliphatic imine (C=N–C) groups is 1. The number of methoxy groups -OCH3 is 2. The van der Waals surface area contributed by atoms with Crippen LogP contribution in [0.2, 0.25) is 0 Å². The quantitative estimate of drug-likeness (QED) is 0.674. The number of rotatable bonds is 6. The first-order chi connectivity index (χ1) is 14.5. The lowest BCUT2D eigenvalue weighted by Gasteiger charge is -2.34. The van der Waals surface area contributed by atoms with Crippen molar-refractivity contribution in [3.63, 3.8) is 0 Å². The van der Waals surface area contributed by atoms with Gasteiger partial charge in [-0.25, -0.2) is 10.0 Å². The molecule has 30 heavy (non-hydrogen) atoms. The number of allylic oxidation sites excluding steroid dienone is 1. The Morgan fingerprint density at radius 1 is 1.03 bits per heavy atom. The van der Waals surface area contributed by atoms with Crippen molar-refractivity contribution in [3.05, 3.63) is 77.8 Å². The van der Waals surface area contributed by atoms with E-state index >= 15 is 0 Å². The van der Waals surface area contributed by atoms with Crippen molar-refractivity contribution < 1.29 is 9.47 Å². The van der Waals surface area contributed by atoms with Gasteiger partial charge in [0, 0.05) is 24.0 Å². The maximum absolute atomic E-state index is 5.55. The Hall–Kier alpha value is -3.05. The summed E-state index contributed by atoms with van der Waals surface area (Å²) < 4.78 is 11.0. The molecule has 0 N–H and O–H groups in total. The fraction of sp³-hybridized carbons (Fsp3) is 0.320. The third-order valence-electron chi connectivity index (χ3n) is 5.86. The predicted molar refractivity (Wildman–Crippen MR) is 122 cm³/mol. The summed E-state index contributed by atoms with van der Waals surface area (Å²) in [5.41, 5.74) is 4.64. The Morgan fingerprint density at radius 3 is 2.47 bits per heavy atom. The molecule has 2 atom stereocenters. The lowest BCUT2D eigenvalue weighted by Crippen LogP contribution is -2.41. The van der Waals surface area contributed by atoms with Gasteiger partial charge < -0.3 is 9.47 Å². The van der Waals surface area contributed by atoms with Crippen molar-refractivity contribution in [2.75, 3.05) is 20.8 Å². The molecule has 0 saturated heterocycles. The monoisotopic (exact) mass is 403 g/mol. The van der Waals surface area contributed by atoms with Crippen molar-refractivity contribution >= 4 is 11.3 Å². The minimum absolute atomic E-state index is 0.170. The van der Waals surface area contributed by atoms with Crippen molar-refractivity contribution in [2.45, 2.75) is 32.7 Å². The molecule has 2 aromatic carbocycles. The molecule has 4 rings (SSSR count). The smallest absolute Gasteiger partial charge is 0.161 e. The molecule has 2 aromatic rings. The van der Waals surface area contributed by atoms with Gasteiger partial charge in [-0.1, -0.05) is 43.3 Å². The van der Waals surface area contributed by atoms with Gasteiger partial charge in [0.05, 0.1) is 20.3 Å². The van der Waals surface area contributed by atoms with Crippen molar-refractivity contribution in [1.82, 2.24) is 10.0 Å². The average molecular weight is 404 g/mol. The topological polar surface area (TPSA) is 37.3 Å². The van der Waals surface area contributed by atoms with Crippen LogP contribution < -0.4 is 9.47 Å². The third kappa shape index (κ3) is 3.61. The zero-order valence-electron chi connectivity index (χ0n) is 18.3. The Balaban J connectivity index is 1.71. The van der Waals surface area contributed by atoms with Gasteiger partial charge in [0.15, 0.2) is 17.3 Å². The van der Waals surface area contributed by atoms with Crippen LogP contribution in [0.1, 0.15) is 37.8 Å². The number of hydrazine groups is 1. The van der Waals surface area contributed by atoms with Crippen molar-refractivity contribution in [2.24, 2.45) is 4.99 Å². The summed E-state index contributed by atoms with van der Waals surface area (Å²) >= 11 is 0. The van der Waals surface area contributed by atoms with E-state index in [1.165, 1.54) is 11.1 Å². The van der Waals surface area contributed by atoms with Crippen LogP contribution in [-0.2, 0) is 0 Å². The number of benzene rings is 2. The first-order valence-electron chi connectivity index (χ1n) is 10.3. The normalized spacial score (nSPS) is 19.6. The molecule has 0 saturated carbocycles. The molecule has 0 radical (unpaired) electrons. The van der Waals surface area contributed by atoms with E-state index in [9.17, 15) is 0 Å². The van der Waals surface area contributed by atoms with Gasteiger partial charge in [-0.15, -0.1) is 0 Å². The molecular formula is C25H29N3O2. The fourth-order valence-corrected chi connectivity index (χ4v) is 4.21. The SMILES string of the molecule is COc1ccc(C2=C3N=C(C)C=CN3N(CC(C)c3ccccc3)C2C)cc1OC.